The van der Waals surface area contributed by atoms with Gasteiger partial charge in [0.2, 0.25) is 17.1 Å². The lowest BCUT2D eigenvalue weighted by molar-refractivity contribution is -0.146. The summed E-state index contributed by atoms with van der Waals surface area (Å²) in [5.74, 6) is -1.54. The molecule has 0 bridgehead atoms. The Morgan fingerprint density at radius 2 is 1.50 bits per heavy atom. The van der Waals surface area contributed by atoms with Crippen LogP contribution in [0.1, 0.15) is 77.2 Å². The number of allylic oxidation sites excluding steroid dienone is 3. The van der Waals surface area contributed by atoms with Gasteiger partial charge in [-0.25, -0.2) is 9.37 Å². The first-order chi connectivity index (χ1) is 30.8. The number of anilines is 1. The molecule has 362 valence electrons. The molecular formula is C44H58N3O16S3+. The van der Waals surface area contributed by atoms with E-state index in [1.165, 1.54) is 12.1 Å². The third kappa shape index (κ3) is 13.7. The second kappa shape index (κ2) is 21.3. The molecule has 1 aromatic carbocycles. The number of aromatic nitrogens is 1. The summed E-state index contributed by atoms with van der Waals surface area (Å²) in [4.78, 5) is 18.6. The summed E-state index contributed by atoms with van der Waals surface area (Å²) >= 11 is 0. The van der Waals surface area contributed by atoms with E-state index in [0.29, 0.717) is 46.3 Å². The number of aromatic hydroxyl groups is 2. The molecule has 2 aromatic rings. The van der Waals surface area contributed by atoms with Gasteiger partial charge in [0, 0.05) is 53.5 Å². The molecule has 3 heterocycles. The Kier molecular flexibility index (Phi) is 16.7. The van der Waals surface area contributed by atoms with Crippen LogP contribution in [-0.2, 0) is 55.5 Å². The first kappa shape index (κ1) is 51.9. The third-order valence-electron chi connectivity index (χ3n) is 11.0. The lowest BCUT2D eigenvalue weighted by atomic mass is 9.77. The molecule has 1 aromatic heterocycles. The average molecular weight is 981 g/mol. The van der Waals surface area contributed by atoms with Crippen LogP contribution in [0, 0.1) is 0 Å². The Morgan fingerprint density at radius 3 is 2.12 bits per heavy atom. The van der Waals surface area contributed by atoms with E-state index in [0.717, 1.165) is 28.6 Å². The van der Waals surface area contributed by atoms with Gasteiger partial charge in [-0.2, -0.15) is 25.3 Å². The Morgan fingerprint density at radius 1 is 0.848 bits per heavy atom. The molecule has 1 atom stereocenters. The molecule has 19 nitrogen and oxygen atoms in total. The molecule has 0 radical (unpaired) electrons. The second-order valence-electron chi connectivity index (χ2n) is 16.9. The zero-order valence-corrected chi connectivity index (χ0v) is 39.9. The minimum absolute atomic E-state index is 0.00319. The van der Waals surface area contributed by atoms with Crippen LogP contribution in [0.3, 0.4) is 0 Å². The van der Waals surface area contributed by atoms with Gasteiger partial charge in [-0.1, -0.05) is 26.8 Å². The lowest BCUT2D eigenvalue weighted by Gasteiger charge is -2.30. The monoisotopic (exact) mass is 980 g/mol. The van der Waals surface area contributed by atoms with Crippen LogP contribution in [0.25, 0.3) is 17.4 Å². The molecule has 1 unspecified atom stereocenters. The normalized spacial score (nSPS) is 17.0. The number of hydrogen-bond donors (Lipinski definition) is 5. The fourth-order valence-electron chi connectivity index (χ4n) is 7.82. The van der Waals surface area contributed by atoms with Crippen molar-refractivity contribution in [1.82, 2.24) is 9.31 Å². The minimum Gasteiger partial charge on any atom is -0.492 e. The molecule has 0 fully saturated rings. The van der Waals surface area contributed by atoms with Gasteiger partial charge in [-0.05, 0) is 85.7 Å². The molecule has 2 aliphatic heterocycles. The van der Waals surface area contributed by atoms with Gasteiger partial charge in [0.15, 0.2) is 0 Å². The smallest absolute Gasteiger partial charge is 0.335 e. The molecule has 1 aliphatic carbocycles. The van der Waals surface area contributed by atoms with Crippen molar-refractivity contribution in [3.05, 3.63) is 94.7 Å². The highest BCUT2D eigenvalue weighted by molar-refractivity contribution is 7.86. The number of nitrogens with zero attached hydrogens (tertiary/aromatic N) is 3. The number of fused-ring (bicyclic) bond motifs is 2. The van der Waals surface area contributed by atoms with Crippen LogP contribution in [0.4, 0.5) is 5.69 Å². The predicted octanol–water partition coefficient (Wildman–Crippen LogP) is 4.63. The molecule has 22 heteroatoms. The maximum atomic E-state index is 12.4. The number of carbonyl (C=O) groups excluding carboxylic acids is 1. The molecule has 5 rings (SSSR count). The van der Waals surface area contributed by atoms with Crippen LogP contribution >= 0.6 is 0 Å². The SMILES string of the molecule is CC[N+](CCCS(=O)(=O)O)=c1ccc2c(C(C)(C)C)cc(C=CC=C3N(CCOCCOCCC(=O)On4c(O)ccc4O)c4ccc(S(=O)(=O)O)cc4C3(C)CCCS(=O)(=O)O)oc-2c1. The van der Waals surface area contributed by atoms with Crippen molar-refractivity contribution in [3.63, 3.8) is 0 Å². The Labute approximate surface area is 384 Å². The third-order valence-corrected chi connectivity index (χ3v) is 13.5. The van der Waals surface area contributed by atoms with E-state index in [1.807, 2.05) is 47.6 Å². The quantitative estimate of drug-likeness (QED) is 0.0408. The van der Waals surface area contributed by atoms with Gasteiger partial charge < -0.3 is 33.8 Å². The molecule has 0 spiro atoms. The van der Waals surface area contributed by atoms with Gasteiger partial charge in [0.1, 0.15) is 24.6 Å². The first-order valence-electron chi connectivity index (χ1n) is 21.1. The zero-order chi connectivity index (χ0) is 48.7. The van der Waals surface area contributed by atoms with Gasteiger partial charge in [0.05, 0.1) is 55.3 Å². The minimum atomic E-state index is -4.64. The second-order valence-corrected chi connectivity index (χ2v) is 21.5. The van der Waals surface area contributed by atoms with Crippen LogP contribution in [0.15, 0.2) is 81.8 Å². The van der Waals surface area contributed by atoms with Crippen LogP contribution in [0.5, 0.6) is 11.8 Å². The standard InChI is InChI=1S/C44H57N3O16S3/c1-6-45(20-9-27-65(54,55)56)31-12-14-34-35(43(2,3)4)29-32(62-38(34)28-31)10-7-11-39-44(5,19-8-26-64(51,52)53)36-30-33(66(57,58)59)13-15-37(36)46(39)21-23-61-25-24-60-22-18-42(50)63-47-40(48)16-17-41(47)49/h7,10-17,28-30H,6,8-9,18-27H2,1-5H3,(H4-,48,49,51,52,53,54,55,56,57,58,59)/p+1. The van der Waals surface area contributed by atoms with E-state index < -0.39 is 59.3 Å². The van der Waals surface area contributed by atoms with Crippen LogP contribution < -0.4 is 19.7 Å². The van der Waals surface area contributed by atoms with E-state index >= 15 is 0 Å². The van der Waals surface area contributed by atoms with Crippen molar-refractivity contribution < 1.29 is 72.6 Å². The summed E-state index contributed by atoms with van der Waals surface area (Å²) in [6.45, 7) is 11.4. The highest BCUT2D eigenvalue weighted by Crippen LogP contribution is 2.51. The van der Waals surface area contributed by atoms with E-state index in [4.69, 9.17) is 18.7 Å². The number of rotatable bonds is 22. The lowest BCUT2D eigenvalue weighted by Crippen LogP contribution is -2.31. The molecule has 66 heavy (non-hydrogen) atoms. The van der Waals surface area contributed by atoms with Crippen molar-refractivity contribution in [2.45, 2.75) is 76.0 Å². The molecule has 5 N–H and O–H groups in total. The summed E-state index contributed by atoms with van der Waals surface area (Å²) in [6.07, 6.45) is 5.49. The van der Waals surface area contributed by atoms with Crippen molar-refractivity contribution in [1.29, 1.82) is 0 Å². The Bertz CT molecular complexity index is 2800. The summed E-state index contributed by atoms with van der Waals surface area (Å²) in [5.41, 5.74) is 2.16. The fourth-order valence-corrected chi connectivity index (χ4v) is 9.33. The van der Waals surface area contributed by atoms with Crippen molar-refractivity contribution in [3.8, 4) is 23.1 Å². The topological polar surface area (TPSA) is 273 Å². The van der Waals surface area contributed by atoms with Crippen LogP contribution in [0.2, 0.25) is 0 Å². The number of hydrogen-bond acceptors (Lipinski definition) is 14. The molecular weight excluding hydrogens is 923 g/mol. The van der Waals surface area contributed by atoms with Crippen molar-refractivity contribution >= 4 is 48.1 Å². The molecule has 3 aliphatic rings. The van der Waals surface area contributed by atoms with E-state index in [9.17, 15) is 53.9 Å². The fraction of sp³-hybridized carbons (Fsp3) is 0.455. The van der Waals surface area contributed by atoms with Gasteiger partial charge in [-0.15, -0.1) is 4.73 Å². The Balaban J connectivity index is 1.44. The molecule has 0 saturated carbocycles. The molecule has 0 saturated heterocycles. The number of carbonyl (C=O) groups is 1. The van der Waals surface area contributed by atoms with Crippen molar-refractivity contribution in [2.75, 3.05) is 62.5 Å². The van der Waals surface area contributed by atoms with Gasteiger partial charge >= 0.3 is 5.97 Å². The van der Waals surface area contributed by atoms with Gasteiger partial charge in [0.25, 0.3) is 30.4 Å². The summed E-state index contributed by atoms with van der Waals surface area (Å²) in [7, 11) is -13.1. The van der Waals surface area contributed by atoms with E-state index in [-0.39, 0.29) is 74.7 Å². The average Bonchev–Trinajstić information content (AvgIpc) is 3.65. The van der Waals surface area contributed by atoms with E-state index in [2.05, 4.69) is 20.8 Å². The Hall–Kier alpha value is -5.07. The molecule has 0 amide bonds. The number of benzene rings is 2. The zero-order valence-electron chi connectivity index (χ0n) is 37.4. The predicted molar refractivity (Wildman–Crippen MR) is 245 cm³/mol. The van der Waals surface area contributed by atoms with E-state index in [1.54, 1.807) is 24.3 Å². The van der Waals surface area contributed by atoms with Gasteiger partial charge in [-0.3, -0.25) is 13.7 Å². The maximum Gasteiger partial charge on any atom is 0.335 e. The first-order valence-corrected chi connectivity index (χ1v) is 25.8. The van der Waals surface area contributed by atoms with Crippen LogP contribution in [-0.4, -0.2) is 117 Å². The largest absolute Gasteiger partial charge is 0.492 e. The summed E-state index contributed by atoms with van der Waals surface area (Å²) in [5, 5.41) is 20.1. The summed E-state index contributed by atoms with van der Waals surface area (Å²) in [6, 6.07) is 14.2. The maximum absolute atomic E-state index is 12.4. The summed E-state index contributed by atoms with van der Waals surface area (Å²) < 4.78 is 120. The number of ether oxygens (including phenoxy) is 2. The highest BCUT2D eigenvalue weighted by Gasteiger charge is 2.44. The van der Waals surface area contributed by atoms with Crippen molar-refractivity contribution in [2.24, 2.45) is 0 Å². The highest BCUT2D eigenvalue weighted by atomic mass is 32.2.